The molecule has 1 heterocycles. The molecule has 0 N–H and O–H groups in total. The van der Waals surface area contributed by atoms with Crippen LogP contribution in [-0.2, 0) is 11.8 Å². The van der Waals surface area contributed by atoms with Crippen molar-refractivity contribution < 1.29 is 6.85 Å². The van der Waals surface area contributed by atoms with Crippen LogP contribution < -0.4 is 0 Å². The summed E-state index contributed by atoms with van der Waals surface area (Å²) >= 11 is 0. The van der Waals surface area contributed by atoms with Crippen LogP contribution >= 0.6 is 0 Å². The SMILES string of the molecule is [2H]C([2H])([2H])c1cnc(-c2cccc(C(C)(C)C)c2)cc1C([2H])([2H])c1ccccc1. The predicted octanol–water partition coefficient (Wildman–Crippen LogP) is 5.95. The zero-order valence-electron chi connectivity index (χ0n) is 19.3. The predicted molar refractivity (Wildman–Crippen MR) is 102 cm³/mol. The van der Waals surface area contributed by atoms with Gasteiger partial charge in [0.2, 0.25) is 0 Å². The Morgan fingerprint density at radius 2 is 1.79 bits per heavy atom. The van der Waals surface area contributed by atoms with Crippen molar-refractivity contribution in [3.8, 4) is 11.3 Å². The van der Waals surface area contributed by atoms with Gasteiger partial charge in [0, 0.05) is 18.6 Å². The number of nitrogens with zero attached hydrogens (tertiary/aromatic N) is 1. The third kappa shape index (κ3) is 3.73. The Balaban J connectivity index is 2.20. The van der Waals surface area contributed by atoms with Gasteiger partial charge < -0.3 is 0 Å². The van der Waals surface area contributed by atoms with E-state index in [-0.39, 0.29) is 16.5 Å². The first-order valence-electron chi connectivity index (χ1n) is 10.6. The molecular weight excluding hydrogens is 290 g/mol. The minimum Gasteiger partial charge on any atom is -0.256 e. The maximum Gasteiger partial charge on any atom is 0.0705 e. The summed E-state index contributed by atoms with van der Waals surface area (Å²) in [6.07, 6.45) is -0.674. The fourth-order valence-electron chi connectivity index (χ4n) is 2.54. The van der Waals surface area contributed by atoms with Gasteiger partial charge in [-0.15, -0.1) is 0 Å². The summed E-state index contributed by atoms with van der Waals surface area (Å²) in [7, 11) is 0. The second-order valence-electron chi connectivity index (χ2n) is 6.94. The van der Waals surface area contributed by atoms with Crippen LogP contribution in [0.1, 0.15) is 49.9 Å². The van der Waals surface area contributed by atoms with Gasteiger partial charge in [-0.2, -0.15) is 0 Å². The zero-order valence-corrected chi connectivity index (χ0v) is 14.3. The molecule has 24 heavy (non-hydrogen) atoms. The summed E-state index contributed by atoms with van der Waals surface area (Å²) in [4.78, 5) is 4.38. The van der Waals surface area contributed by atoms with Gasteiger partial charge in [-0.1, -0.05) is 69.3 Å². The van der Waals surface area contributed by atoms with E-state index in [0.29, 0.717) is 11.3 Å². The number of hydrogen-bond acceptors (Lipinski definition) is 1. The van der Waals surface area contributed by atoms with Crippen LogP contribution in [0.4, 0.5) is 0 Å². The van der Waals surface area contributed by atoms with Gasteiger partial charge >= 0.3 is 0 Å². The number of aromatic nitrogens is 1. The second-order valence-corrected chi connectivity index (χ2v) is 6.94. The van der Waals surface area contributed by atoms with Crippen molar-refractivity contribution in [1.29, 1.82) is 0 Å². The Morgan fingerprint density at radius 3 is 2.50 bits per heavy atom. The Labute approximate surface area is 152 Å². The summed E-state index contributed by atoms with van der Waals surface area (Å²) in [6, 6.07) is 18.1. The highest BCUT2D eigenvalue weighted by Gasteiger charge is 2.14. The molecule has 3 aromatic rings. The summed E-state index contributed by atoms with van der Waals surface area (Å²) in [5, 5.41) is 0. The molecule has 0 spiro atoms. The quantitative estimate of drug-likeness (QED) is 0.581. The lowest BCUT2D eigenvalue weighted by molar-refractivity contribution is 0.590. The van der Waals surface area contributed by atoms with Gasteiger partial charge in [-0.25, -0.2) is 0 Å². The highest BCUT2D eigenvalue weighted by Crippen LogP contribution is 2.28. The average molecular weight is 320 g/mol. The zero-order chi connectivity index (χ0) is 21.4. The molecule has 3 rings (SSSR count). The first-order chi connectivity index (χ1) is 13.4. The minimum absolute atomic E-state index is 0.0455. The molecule has 1 heteroatoms. The van der Waals surface area contributed by atoms with E-state index in [0.717, 1.165) is 11.1 Å². The van der Waals surface area contributed by atoms with Crippen molar-refractivity contribution in [2.24, 2.45) is 0 Å². The smallest absolute Gasteiger partial charge is 0.0705 e. The molecule has 0 aliphatic heterocycles. The van der Waals surface area contributed by atoms with Crippen LogP contribution in [0.25, 0.3) is 11.3 Å². The van der Waals surface area contributed by atoms with E-state index in [9.17, 15) is 0 Å². The Bertz CT molecular complexity index is 1000. The summed E-state index contributed by atoms with van der Waals surface area (Å²) in [5.74, 6) is 0. The van der Waals surface area contributed by atoms with Gasteiger partial charge in [0.25, 0.3) is 0 Å². The summed E-state index contributed by atoms with van der Waals surface area (Å²) in [5.41, 5.74) is 2.93. The van der Waals surface area contributed by atoms with Crippen molar-refractivity contribution in [3.05, 3.63) is 89.1 Å². The van der Waals surface area contributed by atoms with Crippen molar-refractivity contribution in [2.75, 3.05) is 0 Å². The molecule has 0 saturated carbocycles. The van der Waals surface area contributed by atoms with E-state index < -0.39 is 13.2 Å². The van der Waals surface area contributed by atoms with Gasteiger partial charge in [0.15, 0.2) is 0 Å². The van der Waals surface area contributed by atoms with Crippen molar-refractivity contribution in [2.45, 2.75) is 39.4 Å². The number of aryl methyl sites for hydroxylation is 1. The molecule has 1 aromatic heterocycles. The van der Waals surface area contributed by atoms with Crippen molar-refractivity contribution in [3.63, 3.8) is 0 Å². The van der Waals surface area contributed by atoms with Crippen LogP contribution in [0, 0.1) is 6.85 Å². The summed E-state index contributed by atoms with van der Waals surface area (Å²) < 4.78 is 41.1. The Hall–Kier alpha value is -2.41. The van der Waals surface area contributed by atoms with Gasteiger partial charge in [0.1, 0.15) is 0 Å². The molecule has 0 fully saturated rings. The van der Waals surface area contributed by atoms with Gasteiger partial charge in [-0.05, 0) is 53.0 Å². The molecule has 122 valence electrons. The van der Waals surface area contributed by atoms with Gasteiger partial charge in [0.05, 0.1) is 5.69 Å². The molecule has 0 bridgehead atoms. The summed E-state index contributed by atoms with van der Waals surface area (Å²) in [6.45, 7) is 3.90. The van der Waals surface area contributed by atoms with Crippen LogP contribution in [-0.4, -0.2) is 4.98 Å². The first-order valence-corrected chi connectivity index (χ1v) is 8.08. The molecule has 1 nitrogen and oxygen atoms in total. The molecule has 2 aromatic carbocycles. The Kier molecular flexibility index (Phi) is 3.08. The fraction of sp³-hybridized carbons (Fsp3) is 0.261. The number of hydrogen-bond donors (Lipinski definition) is 0. The van der Waals surface area contributed by atoms with Crippen molar-refractivity contribution >= 4 is 0 Å². The van der Waals surface area contributed by atoms with E-state index in [2.05, 4.69) is 25.8 Å². The third-order valence-electron chi connectivity index (χ3n) is 3.98. The standard InChI is InChI=1S/C23H25N/c1-17-16-24-22(15-20(17)13-18-9-6-5-7-10-18)19-11-8-12-21(14-19)23(2,3)4/h5-12,14-16H,13H2,1-4H3/i1D3,13D2. The first kappa shape index (κ1) is 11.2. The van der Waals surface area contributed by atoms with Crippen LogP contribution in [0.2, 0.25) is 0 Å². The molecule has 0 amide bonds. The topological polar surface area (TPSA) is 12.9 Å². The van der Waals surface area contributed by atoms with E-state index in [1.54, 1.807) is 36.4 Å². The van der Waals surface area contributed by atoms with E-state index in [4.69, 9.17) is 6.85 Å². The maximum absolute atomic E-state index is 8.72. The lowest BCUT2D eigenvalue weighted by Gasteiger charge is -2.20. The largest absolute Gasteiger partial charge is 0.256 e. The highest BCUT2D eigenvalue weighted by atomic mass is 14.7. The molecule has 0 saturated heterocycles. The molecule has 0 aliphatic carbocycles. The van der Waals surface area contributed by atoms with Crippen LogP contribution in [0.5, 0.6) is 0 Å². The van der Waals surface area contributed by atoms with Crippen molar-refractivity contribution in [1.82, 2.24) is 4.98 Å². The van der Waals surface area contributed by atoms with Crippen LogP contribution in [0.15, 0.2) is 66.9 Å². The van der Waals surface area contributed by atoms with Crippen LogP contribution in [0.3, 0.4) is 0 Å². The maximum atomic E-state index is 8.72. The lowest BCUT2D eigenvalue weighted by atomic mass is 9.86. The molecule has 0 atom stereocenters. The lowest BCUT2D eigenvalue weighted by Crippen LogP contribution is -2.10. The molecule has 0 unspecified atom stereocenters. The molecular formula is C23H25N. The second kappa shape index (κ2) is 6.60. The van der Waals surface area contributed by atoms with E-state index >= 15 is 0 Å². The van der Waals surface area contributed by atoms with Gasteiger partial charge in [-0.3, -0.25) is 4.98 Å². The minimum atomic E-state index is -2.46. The molecule has 0 aliphatic rings. The van der Waals surface area contributed by atoms with E-state index in [1.165, 1.54) is 6.20 Å². The molecule has 0 radical (unpaired) electrons. The monoisotopic (exact) mass is 320 g/mol. The fourth-order valence-corrected chi connectivity index (χ4v) is 2.54. The average Bonchev–Trinajstić information content (AvgIpc) is 2.67. The Morgan fingerprint density at radius 1 is 1.00 bits per heavy atom. The normalized spacial score (nSPS) is 15.7. The number of benzene rings is 2. The number of rotatable bonds is 3. The highest BCUT2D eigenvalue weighted by molar-refractivity contribution is 5.62. The third-order valence-corrected chi connectivity index (χ3v) is 3.98. The number of pyridine rings is 1. The van der Waals surface area contributed by atoms with E-state index in [1.807, 2.05) is 24.3 Å².